The molecule has 0 spiro atoms. The van der Waals surface area contributed by atoms with Crippen LogP contribution in [0.5, 0.6) is 0 Å². The van der Waals surface area contributed by atoms with E-state index in [0.29, 0.717) is 6.42 Å². The van der Waals surface area contributed by atoms with Crippen molar-refractivity contribution in [2.24, 2.45) is 0 Å². The van der Waals surface area contributed by atoms with Crippen LogP contribution >= 0.6 is 0 Å². The fourth-order valence-corrected chi connectivity index (χ4v) is 1.55. The third kappa shape index (κ3) is 10.2. The summed E-state index contributed by atoms with van der Waals surface area (Å²) in [5.41, 5.74) is -1.33. The van der Waals surface area contributed by atoms with E-state index < -0.39 is 29.3 Å². The standard InChI is InChI=1S/C16H29NO5/c1-8-11(18)9-10-12(13(19)21-15(2,3)4)17-14(20)22-16(5,6)7/h12H,8-10H2,1-7H3,(H,17,20)/t12-/m0/s1. The predicted molar refractivity (Wildman–Crippen MR) is 83.5 cm³/mol. The Morgan fingerprint density at radius 3 is 1.86 bits per heavy atom. The lowest BCUT2D eigenvalue weighted by Gasteiger charge is -2.26. The van der Waals surface area contributed by atoms with E-state index in [2.05, 4.69) is 5.32 Å². The SMILES string of the molecule is CCC(=O)CC[C@H](NC(=O)OC(C)(C)C)C(=O)OC(C)(C)C. The molecule has 0 saturated heterocycles. The van der Waals surface area contributed by atoms with Gasteiger partial charge in [0.2, 0.25) is 0 Å². The zero-order chi connectivity index (χ0) is 17.6. The molecule has 0 radical (unpaired) electrons. The van der Waals surface area contributed by atoms with Gasteiger partial charge in [-0.05, 0) is 48.0 Å². The molecule has 22 heavy (non-hydrogen) atoms. The Bertz CT molecular complexity index is 404. The zero-order valence-corrected chi connectivity index (χ0v) is 14.7. The third-order valence-corrected chi connectivity index (χ3v) is 2.49. The Kier molecular flexibility index (Phi) is 7.56. The second kappa shape index (κ2) is 8.15. The zero-order valence-electron chi connectivity index (χ0n) is 14.7. The van der Waals surface area contributed by atoms with Crippen LogP contribution < -0.4 is 5.32 Å². The summed E-state index contributed by atoms with van der Waals surface area (Å²) in [5.74, 6) is -0.540. The quantitative estimate of drug-likeness (QED) is 0.762. The molecule has 0 aliphatic carbocycles. The number of ether oxygens (including phenoxy) is 2. The van der Waals surface area contributed by atoms with Crippen LogP contribution in [0, 0.1) is 0 Å². The first kappa shape index (κ1) is 20.4. The van der Waals surface area contributed by atoms with Gasteiger partial charge in [-0.2, -0.15) is 0 Å². The molecular weight excluding hydrogens is 286 g/mol. The fourth-order valence-electron chi connectivity index (χ4n) is 1.55. The van der Waals surface area contributed by atoms with E-state index in [1.165, 1.54) is 0 Å². The molecule has 0 aliphatic heterocycles. The van der Waals surface area contributed by atoms with Gasteiger partial charge in [-0.15, -0.1) is 0 Å². The highest BCUT2D eigenvalue weighted by molar-refractivity contribution is 5.83. The highest BCUT2D eigenvalue weighted by atomic mass is 16.6. The Morgan fingerprint density at radius 1 is 0.955 bits per heavy atom. The fraction of sp³-hybridized carbons (Fsp3) is 0.812. The number of rotatable bonds is 6. The van der Waals surface area contributed by atoms with Gasteiger partial charge in [0.15, 0.2) is 0 Å². The van der Waals surface area contributed by atoms with E-state index in [4.69, 9.17) is 9.47 Å². The number of nitrogens with one attached hydrogen (secondary N) is 1. The van der Waals surface area contributed by atoms with Crippen molar-refractivity contribution in [3.63, 3.8) is 0 Å². The number of esters is 1. The molecule has 1 amide bonds. The number of carbonyl (C=O) groups excluding carboxylic acids is 3. The number of ketones is 1. The molecule has 0 unspecified atom stereocenters. The van der Waals surface area contributed by atoms with Crippen molar-refractivity contribution in [3.8, 4) is 0 Å². The number of amides is 1. The molecule has 128 valence electrons. The lowest BCUT2D eigenvalue weighted by atomic mass is 10.1. The van der Waals surface area contributed by atoms with E-state index in [1.54, 1.807) is 48.5 Å². The topological polar surface area (TPSA) is 81.7 Å². The van der Waals surface area contributed by atoms with Crippen LogP contribution in [0.3, 0.4) is 0 Å². The van der Waals surface area contributed by atoms with Crippen LogP contribution in [-0.2, 0) is 19.1 Å². The summed E-state index contributed by atoms with van der Waals surface area (Å²) < 4.78 is 10.4. The van der Waals surface area contributed by atoms with Gasteiger partial charge < -0.3 is 14.8 Å². The van der Waals surface area contributed by atoms with E-state index >= 15 is 0 Å². The first-order valence-corrected chi connectivity index (χ1v) is 7.58. The van der Waals surface area contributed by atoms with Crippen molar-refractivity contribution in [3.05, 3.63) is 0 Å². The van der Waals surface area contributed by atoms with Crippen LogP contribution in [0.1, 0.15) is 67.7 Å². The van der Waals surface area contributed by atoms with Crippen LogP contribution in [0.2, 0.25) is 0 Å². The summed E-state index contributed by atoms with van der Waals surface area (Å²) in [6, 6.07) is -0.899. The smallest absolute Gasteiger partial charge is 0.408 e. The van der Waals surface area contributed by atoms with E-state index in [1.807, 2.05) is 0 Å². The van der Waals surface area contributed by atoms with Crippen LogP contribution in [-0.4, -0.2) is 35.1 Å². The summed E-state index contributed by atoms with van der Waals surface area (Å²) in [6.07, 6.45) is 0.0946. The van der Waals surface area contributed by atoms with Crippen molar-refractivity contribution < 1.29 is 23.9 Å². The Hall–Kier alpha value is -1.59. The second-order valence-electron chi connectivity index (χ2n) is 7.16. The molecule has 0 aromatic heterocycles. The summed E-state index contributed by atoms with van der Waals surface area (Å²) in [7, 11) is 0. The normalized spacial score (nSPS) is 13.2. The second-order valence-corrected chi connectivity index (χ2v) is 7.16. The van der Waals surface area contributed by atoms with Gasteiger partial charge >= 0.3 is 12.1 Å². The summed E-state index contributed by atoms with van der Waals surface area (Å²) in [5, 5.41) is 2.49. The van der Waals surface area contributed by atoms with Gasteiger partial charge in [-0.1, -0.05) is 6.92 Å². The van der Waals surface area contributed by atoms with E-state index in [0.717, 1.165) is 0 Å². The maximum atomic E-state index is 12.2. The van der Waals surface area contributed by atoms with Crippen LogP contribution in [0.15, 0.2) is 0 Å². The summed E-state index contributed by atoms with van der Waals surface area (Å²) in [6.45, 7) is 12.2. The van der Waals surface area contributed by atoms with Crippen LogP contribution in [0.25, 0.3) is 0 Å². The lowest BCUT2D eigenvalue weighted by Crippen LogP contribution is -2.46. The number of carbonyl (C=O) groups is 3. The molecule has 0 fully saturated rings. The molecule has 0 bridgehead atoms. The maximum absolute atomic E-state index is 12.2. The minimum atomic E-state index is -0.899. The summed E-state index contributed by atoms with van der Waals surface area (Å²) >= 11 is 0. The number of hydrogen-bond donors (Lipinski definition) is 1. The minimum Gasteiger partial charge on any atom is -0.458 e. The van der Waals surface area contributed by atoms with E-state index in [9.17, 15) is 14.4 Å². The van der Waals surface area contributed by atoms with Gasteiger partial charge in [0.05, 0.1) is 0 Å². The van der Waals surface area contributed by atoms with Crippen molar-refractivity contribution in [2.45, 2.75) is 85.0 Å². The van der Waals surface area contributed by atoms with Gasteiger partial charge in [0, 0.05) is 12.8 Å². The molecular formula is C16H29NO5. The monoisotopic (exact) mass is 315 g/mol. The first-order valence-electron chi connectivity index (χ1n) is 7.58. The predicted octanol–water partition coefficient (Wildman–Crippen LogP) is 2.98. The molecule has 0 saturated carbocycles. The van der Waals surface area contributed by atoms with Crippen molar-refractivity contribution in [1.82, 2.24) is 5.32 Å². The van der Waals surface area contributed by atoms with Crippen molar-refractivity contribution >= 4 is 17.8 Å². The first-order chi connectivity index (χ1) is 9.84. The number of hydrogen-bond acceptors (Lipinski definition) is 5. The molecule has 1 atom stereocenters. The van der Waals surface area contributed by atoms with Crippen molar-refractivity contribution in [2.75, 3.05) is 0 Å². The van der Waals surface area contributed by atoms with Gasteiger partial charge in [-0.3, -0.25) is 4.79 Å². The molecule has 0 aliphatic rings. The summed E-state index contributed by atoms with van der Waals surface area (Å²) in [4.78, 5) is 35.4. The average Bonchev–Trinajstić information content (AvgIpc) is 2.29. The van der Waals surface area contributed by atoms with E-state index in [-0.39, 0.29) is 18.6 Å². The minimum absolute atomic E-state index is 0.0274. The third-order valence-electron chi connectivity index (χ3n) is 2.49. The van der Waals surface area contributed by atoms with Crippen LogP contribution in [0.4, 0.5) is 4.79 Å². The highest BCUT2D eigenvalue weighted by Gasteiger charge is 2.28. The van der Waals surface area contributed by atoms with Gasteiger partial charge in [0.25, 0.3) is 0 Å². The molecule has 0 rings (SSSR count). The Morgan fingerprint density at radius 2 is 1.45 bits per heavy atom. The molecule has 0 aromatic carbocycles. The largest absolute Gasteiger partial charge is 0.458 e. The molecule has 6 nitrogen and oxygen atoms in total. The molecule has 1 N–H and O–H groups in total. The molecule has 0 aromatic rings. The van der Waals surface area contributed by atoms with Gasteiger partial charge in [0.1, 0.15) is 23.0 Å². The average molecular weight is 315 g/mol. The molecule has 6 heteroatoms. The number of Topliss-reactive ketones (excluding diaryl/α,β-unsaturated/α-hetero) is 1. The molecule has 0 heterocycles. The maximum Gasteiger partial charge on any atom is 0.408 e. The lowest BCUT2D eigenvalue weighted by molar-refractivity contribution is -0.157. The van der Waals surface area contributed by atoms with Crippen molar-refractivity contribution in [1.29, 1.82) is 0 Å². The van der Waals surface area contributed by atoms with Gasteiger partial charge in [-0.25, -0.2) is 9.59 Å². The number of alkyl carbamates (subject to hydrolysis) is 1. The highest BCUT2D eigenvalue weighted by Crippen LogP contribution is 2.13. The Labute approximate surface area is 132 Å². The Balaban J connectivity index is 4.81.